The Hall–Kier alpha value is -1.62. The maximum atomic E-state index is 11.1. The topological polar surface area (TPSA) is 44.4 Å². The van der Waals surface area contributed by atoms with Gasteiger partial charge in [0, 0.05) is 30.9 Å². The molecule has 24 heavy (non-hydrogen) atoms. The number of carbonyl (C=O) groups is 1. The summed E-state index contributed by atoms with van der Waals surface area (Å²) in [5.41, 5.74) is 1.79. The summed E-state index contributed by atoms with van der Waals surface area (Å²) in [6.45, 7) is 2.64. The number of carbonyl (C=O) groups excluding carboxylic acids is 1. The summed E-state index contributed by atoms with van der Waals surface area (Å²) < 4.78 is 0. The number of rotatable bonds is 2. The van der Waals surface area contributed by atoms with E-state index in [1.807, 2.05) is 24.3 Å². The first kappa shape index (κ1) is 15.9. The summed E-state index contributed by atoms with van der Waals surface area (Å²) in [4.78, 5) is 13.6. The molecule has 2 N–H and O–H groups in total. The first-order valence-corrected chi connectivity index (χ1v) is 9.43. The quantitative estimate of drug-likeness (QED) is 0.801. The summed E-state index contributed by atoms with van der Waals surface area (Å²) >= 11 is 5.74. The molecule has 2 saturated heterocycles. The predicted octanol–water partition coefficient (Wildman–Crippen LogP) is 3.85. The third-order valence-corrected chi connectivity index (χ3v) is 6.16. The van der Waals surface area contributed by atoms with Crippen molar-refractivity contribution in [2.75, 3.05) is 17.2 Å². The zero-order valence-electron chi connectivity index (χ0n) is 14.1. The van der Waals surface area contributed by atoms with Gasteiger partial charge < -0.3 is 15.5 Å². The third-order valence-electron chi connectivity index (χ3n) is 5.82. The van der Waals surface area contributed by atoms with E-state index in [4.69, 9.17) is 12.2 Å². The Balaban J connectivity index is 1.43. The molecule has 4 atom stereocenters. The molecule has 2 saturated carbocycles. The summed E-state index contributed by atoms with van der Waals surface area (Å²) in [7, 11) is 0. The van der Waals surface area contributed by atoms with Crippen LogP contribution in [0.25, 0.3) is 0 Å². The van der Waals surface area contributed by atoms with E-state index < -0.39 is 0 Å². The number of amides is 1. The minimum absolute atomic E-state index is 0.0540. The lowest BCUT2D eigenvalue weighted by atomic mass is 9.68. The molecule has 2 heterocycles. The van der Waals surface area contributed by atoms with Crippen LogP contribution in [0.1, 0.15) is 39.0 Å². The Morgan fingerprint density at radius 1 is 0.958 bits per heavy atom. The van der Waals surface area contributed by atoms with Crippen molar-refractivity contribution in [2.24, 2.45) is 17.8 Å². The minimum Gasteiger partial charge on any atom is -0.346 e. The molecule has 2 unspecified atom stereocenters. The van der Waals surface area contributed by atoms with Crippen molar-refractivity contribution in [1.82, 2.24) is 4.90 Å². The average Bonchev–Trinajstić information content (AvgIpc) is 2.72. The molecule has 0 spiro atoms. The molecule has 0 radical (unpaired) electrons. The van der Waals surface area contributed by atoms with Gasteiger partial charge in [-0.2, -0.15) is 0 Å². The van der Waals surface area contributed by atoms with Crippen LogP contribution in [0.4, 0.5) is 11.4 Å². The van der Waals surface area contributed by atoms with E-state index in [9.17, 15) is 4.79 Å². The van der Waals surface area contributed by atoms with Gasteiger partial charge in [-0.05, 0) is 86.3 Å². The zero-order chi connectivity index (χ0) is 16.7. The van der Waals surface area contributed by atoms with Gasteiger partial charge in [0.25, 0.3) is 0 Å². The van der Waals surface area contributed by atoms with Crippen molar-refractivity contribution in [3.63, 3.8) is 0 Å². The van der Waals surface area contributed by atoms with E-state index in [-0.39, 0.29) is 5.91 Å². The Bertz CT molecular complexity index is 631. The molecule has 4 fully saturated rings. The highest BCUT2D eigenvalue weighted by atomic mass is 32.1. The Morgan fingerprint density at radius 3 is 2.08 bits per heavy atom. The van der Waals surface area contributed by atoms with Crippen LogP contribution in [0.2, 0.25) is 0 Å². The number of fused-ring (bicyclic) bond motifs is 1. The fraction of sp³-hybridized carbons (Fsp3) is 0.579. The molecule has 128 valence electrons. The molecule has 5 heteroatoms. The molecule has 2 aliphatic carbocycles. The highest BCUT2D eigenvalue weighted by molar-refractivity contribution is 7.80. The first-order valence-electron chi connectivity index (χ1n) is 9.02. The lowest BCUT2D eigenvalue weighted by Crippen LogP contribution is -2.44. The second-order valence-electron chi connectivity index (χ2n) is 7.77. The van der Waals surface area contributed by atoms with E-state index in [0.717, 1.165) is 40.8 Å². The largest absolute Gasteiger partial charge is 0.346 e. The molecule has 4 bridgehead atoms. The highest BCUT2D eigenvalue weighted by Crippen LogP contribution is 2.47. The van der Waals surface area contributed by atoms with Gasteiger partial charge >= 0.3 is 0 Å². The maximum Gasteiger partial charge on any atom is 0.221 e. The van der Waals surface area contributed by atoms with Gasteiger partial charge in [0.05, 0.1) is 0 Å². The van der Waals surface area contributed by atoms with E-state index >= 15 is 0 Å². The van der Waals surface area contributed by atoms with E-state index in [1.54, 1.807) is 0 Å². The summed E-state index contributed by atoms with van der Waals surface area (Å²) in [5, 5.41) is 7.06. The Morgan fingerprint density at radius 2 is 1.50 bits per heavy atom. The average molecular weight is 343 g/mol. The second-order valence-corrected chi connectivity index (χ2v) is 8.16. The number of anilines is 2. The van der Waals surface area contributed by atoms with Crippen LogP contribution in [0.3, 0.4) is 0 Å². The standard InChI is InChI=1S/C19H25N3OS/c1-12(23)20-16-2-4-17(5-3-16)21-19(24)22-11-15-7-13-6-14(8-15)10-18(22)9-13/h2-5,13-15,18H,6-11H2,1H3,(H,20,23)(H,21,24)/t13-,14+,15?,18?. The van der Waals surface area contributed by atoms with Crippen LogP contribution >= 0.6 is 12.2 Å². The van der Waals surface area contributed by atoms with Crippen molar-refractivity contribution >= 4 is 34.6 Å². The van der Waals surface area contributed by atoms with Crippen molar-refractivity contribution in [1.29, 1.82) is 0 Å². The van der Waals surface area contributed by atoms with Crippen molar-refractivity contribution in [3.8, 4) is 0 Å². The molecular formula is C19H25N3OS. The molecular weight excluding hydrogens is 318 g/mol. The van der Waals surface area contributed by atoms with Gasteiger partial charge in [-0.3, -0.25) is 4.79 Å². The molecule has 2 aliphatic heterocycles. The van der Waals surface area contributed by atoms with E-state index in [2.05, 4.69) is 15.5 Å². The zero-order valence-corrected chi connectivity index (χ0v) is 14.9. The number of hydrogen-bond acceptors (Lipinski definition) is 2. The van der Waals surface area contributed by atoms with Gasteiger partial charge in [0.1, 0.15) is 0 Å². The molecule has 5 rings (SSSR count). The van der Waals surface area contributed by atoms with Gasteiger partial charge in [-0.25, -0.2) is 0 Å². The summed E-state index contributed by atoms with van der Waals surface area (Å²) in [6, 6.07) is 8.38. The molecule has 4 aliphatic rings. The van der Waals surface area contributed by atoms with Crippen LogP contribution < -0.4 is 10.6 Å². The fourth-order valence-electron chi connectivity index (χ4n) is 5.07. The Labute approximate surface area is 149 Å². The number of nitrogens with one attached hydrogen (secondary N) is 2. The van der Waals surface area contributed by atoms with Crippen LogP contribution in [-0.2, 0) is 4.79 Å². The number of thiocarbonyl (C=S) groups is 1. The van der Waals surface area contributed by atoms with Crippen LogP contribution in [0, 0.1) is 17.8 Å². The van der Waals surface area contributed by atoms with Gasteiger partial charge in [-0.1, -0.05) is 0 Å². The normalized spacial score (nSPS) is 30.8. The fourth-order valence-corrected chi connectivity index (χ4v) is 5.41. The summed E-state index contributed by atoms with van der Waals surface area (Å²) in [6.07, 6.45) is 6.88. The van der Waals surface area contributed by atoms with Crippen molar-refractivity contribution in [2.45, 2.75) is 45.1 Å². The van der Waals surface area contributed by atoms with Gasteiger partial charge in [0.15, 0.2) is 5.11 Å². The lowest BCUT2D eigenvalue weighted by Gasteiger charge is -2.39. The van der Waals surface area contributed by atoms with Gasteiger partial charge in [-0.15, -0.1) is 0 Å². The monoisotopic (exact) mass is 343 g/mol. The number of nitrogens with zero attached hydrogens (tertiary/aromatic N) is 1. The second kappa shape index (κ2) is 6.36. The maximum absolute atomic E-state index is 11.1. The summed E-state index contributed by atoms with van der Waals surface area (Å²) in [5.74, 6) is 2.62. The lowest BCUT2D eigenvalue weighted by molar-refractivity contribution is -0.114. The Kier molecular flexibility index (Phi) is 4.21. The van der Waals surface area contributed by atoms with Gasteiger partial charge in [0.2, 0.25) is 5.91 Å². The van der Waals surface area contributed by atoms with Crippen LogP contribution in [0.15, 0.2) is 24.3 Å². The third kappa shape index (κ3) is 3.27. The highest BCUT2D eigenvalue weighted by Gasteiger charge is 2.43. The van der Waals surface area contributed by atoms with E-state index in [1.165, 1.54) is 39.0 Å². The first-order chi connectivity index (χ1) is 11.6. The molecule has 1 aromatic rings. The molecule has 0 aromatic heterocycles. The predicted molar refractivity (Wildman–Crippen MR) is 101 cm³/mol. The van der Waals surface area contributed by atoms with E-state index in [0.29, 0.717) is 6.04 Å². The molecule has 1 aromatic carbocycles. The minimum atomic E-state index is -0.0540. The molecule has 1 amide bonds. The molecule has 4 nitrogen and oxygen atoms in total. The number of hydrogen-bond donors (Lipinski definition) is 2. The SMILES string of the molecule is CC(=O)Nc1ccc(NC(=S)N2CC3C[C@@H]4CC2C[C@H](C3)C4)cc1. The van der Waals surface area contributed by atoms with Crippen LogP contribution in [0.5, 0.6) is 0 Å². The van der Waals surface area contributed by atoms with Crippen LogP contribution in [-0.4, -0.2) is 28.5 Å². The number of benzene rings is 1. The van der Waals surface area contributed by atoms with Crippen molar-refractivity contribution < 1.29 is 4.79 Å². The van der Waals surface area contributed by atoms with Crippen molar-refractivity contribution in [3.05, 3.63) is 24.3 Å². The smallest absolute Gasteiger partial charge is 0.221 e.